The molecule has 2 nitrogen and oxygen atoms in total. The SMILES string of the molecule is C=C1[C@H]2CC[C@H]([C@@]2(O)OC)[C@]1(C)C1CCCCC1. The Balaban J connectivity index is 1.95. The molecule has 4 atom stereocenters. The molecule has 3 rings (SSSR count). The largest absolute Gasteiger partial charge is 0.365 e. The van der Waals surface area contributed by atoms with Crippen molar-refractivity contribution < 1.29 is 9.84 Å². The Morgan fingerprint density at radius 2 is 1.83 bits per heavy atom. The number of methoxy groups -OCH3 is 1. The van der Waals surface area contributed by atoms with Crippen LogP contribution in [0.3, 0.4) is 0 Å². The number of hydrogen-bond acceptors (Lipinski definition) is 2. The molecule has 102 valence electrons. The molecule has 0 radical (unpaired) electrons. The van der Waals surface area contributed by atoms with E-state index in [9.17, 15) is 5.11 Å². The normalized spacial score (nSPS) is 48.9. The van der Waals surface area contributed by atoms with E-state index >= 15 is 0 Å². The van der Waals surface area contributed by atoms with Crippen molar-refractivity contribution in [2.75, 3.05) is 7.11 Å². The van der Waals surface area contributed by atoms with Gasteiger partial charge in [0.1, 0.15) is 0 Å². The quantitative estimate of drug-likeness (QED) is 0.600. The molecule has 0 aromatic rings. The van der Waals surface area contributed by atoms with Crippen LogP contribution >= 0.6 is 0 Å². The van der Waals surface area contributed by atoms with Gasteiger partial charge in [0.2, 0.25) is 0 Å². The number of fused-ring (bicyclic) bond motifs is 2. The highest BCUT2D eigenvalue weighted by Crippen LogP contribution is 2.68. The molecule has 0 unspecified atom stereocenters. The molecule has 2 bridgehead atoms. The summed E-state index contributed by atoms with van der Waals surface area (Å²) in [5.74, 6) is 0.203. The topological polar surface area (TPSA) is 29.5 Å². The lowest BCUT2D eigenvalue weighted by atomic mass is 9.60. The van der Waals surface area contributed by atoms with E-state index in [4.69, 9.17) is 4.74 Å². The zero-order valence-corrected chi connectivity index (χ0v) is 11.7. The van der Waals surface area contributed by atoms with E-state index in [-0.39, 0.29) is 17.3 Å². The van der Waals surface area contributed by atoms with E-state index in [1.807, 2.05) is 0 Å². The third-order valence-electron chi connectivity index (χ3n) is 6.36. The van der Waals surface area contributed by atoms with E-state index in [0.29, 0.717) is 5.92 Å². The molecule has 18 heavy (non-hydrogen) atoms. The first-order valence-electron chi connectivity index (χ1n) is 7.52. The number of rotatable bonds is 2. The molecule has 0 saturated heterocycles. The summed E-state index contributed by atoms with van der Waals surface area (Å²) in [5, 5.41) is 10.9. The Kier molecular flexibility index (Phi) is 2.87. The summed E-state index contributed by atoms with van der Waals surface area (Å²) >= 11 is 0. The van der Waals surface area contributed by atoms with Crippen molar-refractivity contribution in [2.24, 2.45) is 23.2 Å². The van der Waals surface area contributed by atoms with Gasteiger partial charge in [-0.1, -0.05) is 38.3 Å². The second kappa shape index (κ2) is 4.08. The maximum atomic E-state index is 10.9. The summed E-state index contributed by atoms with van der Waals surface area (Å²) in [6.45, 7) is 6.72. The summed E-state index contributed by atoms with van der Waals surface area (Å²) < 4.78 is 5.54. The van der Waals surface area contributed by atoms with E-state index in [2.05, 4.69) is 13.5 Å². The molecule has 0 aromatic heterocycles. The Morgan fingerprint density at radius 3 is 2.39 bits per heavy atom. The molecule has 3 saturated carbocycles. The number of ether oxygens (including phenoxy) is 1. The summed E-state index contributed by atoms with van der Waals surface area (Å²) in [7, 11) is 1.66. The Labute approximate surface area is 110 Å². The van der Waals surface area contributed by atoms with Crippen molar-refractivity contribution >= 4 is 0 Å². The fourth-order valence-corrected chi connectivity index (χ4v) is 5.28. The Bertz CT molecular complexity index is 358. The molecule has 0 spiro atoms. The van der Waals surface area contributed by atoms with Gasteiger partial charge >= 0.3 is 0 Å². The molecule has 0 aliphatic heterocycles. The van der Waals surface area contributed by atoms with Gasteiger partial charge in [-0.05, 0) is 37.0 Å². The van der Waals surface area contributed by atoms with Crippen molar-refractivity contribution in [3.63, 3.8) is 0 Å². The predicted molar refractivity (Wildman–Crippen MR) is 72.0 cm³/mol. The highest BCUT2D eigenvalue weighted by molar-refractivity contribution is 5.31. The fraction of sp³-hybridized carbons (Fsp3) is 0.875. The van der Waals surface area contributed by atoms with Gasteiger partial charge in [0.15, 0.2) is 5.79 Å². The van der Waals surface area contributed by atoms with Crippen LogP contribution in [0.4, 0.5) is 0 Å². The van der Waals surface area contributed by atoms with Crippen LogP contribution < -0.4 is 0 Å². The lowest BCUT2D eigenvalue weighted by Gasteiger charge is -2.44. The van der Waals surface area contributed by atoms with Gasteiger partial charge in [-0.25, -0.2) is 0 Å². The molecular formula is C16H26O2. The molecule has 3 aliphatic rings. The summed E-state index contributed by atoms with van der Waals surface area (Å²) in [4.78, 5) is 0. The van der Waals surface area contributed by atoms with Crippen molar-refractivity contribution in [1.82, 2.24) is 0 Å². The Hall–Kier alpha value is -0.340. The molecule has 3 aliphatic carbocycles. The minimum absolute atomic E-state index is 0.105. The summed E-state index contributed by atoms with van der Waals surface area (Å²) in [5.41, 5.74) is 1.38. The molecule has 3 fully saturated rings. The first-order valence-corrected chi connectivity index (χ1v) is 7.52. The zero-order chi connectivity index (χ0) is 13.0. The van der Waals surface area contributed by atoms with Crippen LogP contribution in [0.2, 0.25) is 0 Å². The third kappa shape index (κ3) is 1.36. The van der Waals surface area contributed by atoms with Gasteiger partial charge in [0, 0.05) is 18.9 Å². The molecule has 0 aromatic carbocycles. The monoisotopic (exact) mass is 250 g/mol. The van der Waals surface area contributed by atoms with Crippen LogP contribution in [-0.4, -0.2) is 18.0 Å². The minimum atomic E-state index is -0.927. The van der Waals surface area contributed by atoms with E-state index < -0.39 is 5.79 Å². The van der Waals surface area contributed by atoms with Gasteiger partial charge in [-0.15, -0.1) is 0 Å². The first-order chi connectivity index (χ1) is 8.55. The average Bonchev–Trinajstić information content (AvgIpc) is 2.82. The number of aliphatic hydroxyl groups is 1. The highest BCUT2D eigenvalue weighted by Gasteiger charge is 2.67. The van der Waals surface area contributed by atoms with Gasteiger partial charge in [0.05, 0.1) is 0 Å². The lowest BCUT2D eigenvalue weighted by molar-refractivity contribution is -0.224. The lowest BCUT2D eigenvalue weighted by Crippen LogP contribution is -2.42. The van der Waals surface area contributed by atoms with Crippen LogP contribution in [0.15, 0.2) is 12.2 Å². The smallest absolute Gasteiger partial charge is 0.175 e. The van der Waals surface area contributed by atoms with Gasteiger partial charge in [-0.2, -0.15) is 0 Å². The van der Waals surface area contributed by atoms with Crippen LogP contribution in [0.25, 0.3) is 0 Å². The third-order valence-corrected chi connectivity index (χ3v) is 6.36. The minimum Gasteiger partial charge on any atom is -0.365 e. The van der Waals surface area contributed by atoms with E-state index in [0.717, 1.165) is 12.8 Å². The maximum absolute atomic E-state index is 10.9. The van der Waals surface area contributed by atoms with Crippen LogP contribution in [0.1, 0.15) is 51.9 Å². The molecule has 0 heterocycles. The van der Waals surface area contributed by atoms with E-state index in [1.54, 1.807) is 7.11 Å². The Morgan fingerprint density at radius 1 is 1.17 bits per heavy atom. The van der Waals surface area contributed by atoms with Crippen molar-refractivity contribution in [1.29, 1.82) is 0 Å². The molecule has 2 heteroatoms. The molecule has 1 N–H and O–H groups in total. The van der Waals surface area contributed by atoms with Crippen LogP contribution in [-0.2, 0) is 4.74 Å². The maximum Gasteiger partial charge on any atom is 0.175 e. The first kappa shape index (κ1) is 12.7. The molecular weight excluding hydrogens is 224 g/mol. The van der Waals surface area contributed by atoms with Crippen molar-refractivity contribution in [2.45, 2.75) is 57.7 Å². The van der Waals surface area contributed by atoms with Crippen LogP contribution in [0.5, 0.6) is 0 Å². The van der Waals surface area contributed by atoms with Crippen LogP contribution in [0, 0.1) is 23.2 Å². The zero-order valence-electron chi connectivity index (χ0n) is 11.7. The predicted octanol–water partition coefficient (Wildman–Crippen LogP) is 3.50. The standard InChI is InChI=1S/C16H26O2/c1-11-13-9-10-14(16(13,17)18-3)15(11,2)12-7-5-4-6-8-12/h12-14,17H,1,4-10H2,2-3H3/t13-,14+,15+,16+/m1/s1. The van der Waals surface area contributed by atoms with Gasteiger partial charge < -0.3 is 9.84 Å². The second-order valence-electron chi connectivity index (χ2n) is 6.78. The van der Waals surface area contributed by atoms with E-state index in [1.165, 1.54) is 37.7 Å². The summed E-state index contributed by atoms with van der Waals surface area (Å²) in [6, 6.07) is 0. The number of hydrogen-bond donors (Lipinski definition) is 1. The fourth-order valence-electron chi connectivity index (χ4n) is 5.28. The average molecular weight is 250 g/mol. The van der Waals surface area contributed by atoms with Gasteiger partial charge in [-0.3, -0.25) is 0 Å². The van der Waals surface area contributed by atoms with Crippen molar-refractivity contribution in [3.05, 3.63) is 12.2 Å². The van der Waals surface area contributed by atoms with Gasteiger partial charge in [0.25, 0.3) is 0 Å². The second-order valence-corrected chi connectivity index (χ2v) is 6.78. The molecule has 0 amide bonds. The van der Waals surface area contributed by atoms with Crippen molar-refractivity contribution in [3.8, 4) is 0 Å². The highest BCUT2D eigenvalue weighted by atomic mass is 16.6. The summed E-state index contributed by atoms with van der Waals surface area (Å²) in [6.07, 6.45) is 8.82.